The fourth-order valence-corrected chi connectivity index (χ4v) is 2.17. The van der Waals surface area contributed by atoms with E-state index in [1.54, 1.807) is 11.8 Å². The molecule has 0 fully saturated rings. The molecule has 0 aliphatic heterocycles. The number of aliphatic hydroxyl groups excluding tert-OH is 1. The number of hydrogen-bond acceptors (Lipinski definition) is 3. The lowest BCUT2D eigenvalue weighted by atomic mass is 10.1. The second kappa shape index (κ2) is 6.81. The molecule has 90 valence electrons. The maximum atomic E-state index is 8.86. The fourth-order valence-electron chi connectivity index (χ4n) is 1.48. The summed E-state index contributed by atoms with van der Waals surface area (Å²) in [6.07, 6.45) is 0. The van der Waals surface area contributed by atoms with Crippen LogP contribution < -0.4 is 4.74 Å². The van der Waals surface area contributed by atoms with Gasteiger partial charge in [0.2, 0.25) is 0 Å². The molecule has 0 heterocycles. The molecule has 0 aliphatic rings. The van der Waals surface area contributed by atoms with Crippen molar-refractivity contribution in [3.63, 3.8) is 0 Å². The lowest BCUT2D eigenvalue weighted by Crippen LogP contribution is -2.07. The second-order valence-electron chi connectivity index (χ2n) is 4.04. The van der Waals surface area contributed by atoms with Gasteiger partial charge in [-0.25, -0.2) is 0 Å². The minimum Gasteiger partial charge on any atom is -0.493 e. The van der Waals surface area contributed by atoms with Crippen molar-refractivity contribution in [2.24, 2.45) is 0 Å². The number of ether oxygens (including phenoxy) is 1. The summed E-state index contributed by atoms with van der Waals surface area (Å²) in [5.41, 5.74) is 2.46. The minimum absolute atomic E-state index is 0.230. The maximum Gasteiger partial charge on any atom is 0.119 e. The highest BCUT2D eigenvalue weighted by molar-refractivity contribution is 7.99. The summed E-state index contributed by atoms with van der Waals surface area (Å²) in [7, 11) is 0. The van der Waals surface area contributed by atoms with E-state index in [0.717, 1.165) is 11.5 Å². The Balaban J connectivity index is 2.32. The van der Waals surface area contributed by atoms with Crippen LogP contribution in [0.4, 0.5) is 0 Å². The molecule has 0 radical (unpaired) electrons. The first kappa shape index (κ1) is 13.4. The quantitative estimate of drug-likeness (QED) is 0.775. The van der Waals surface area contributed by atoms with Gasteiger partial charge in [0.15, 0.2) is 0 Å². The second-order valence-corrected chi connectivity index (χ2v) is 5.58. The SMILES string of the molecule is Cc1cc(C)cc(OCCSC(C)CO)c1. The highest BCUT2D eigenvalue weighted by Gasteiger charge is 2.01. The minimum atomic E-state index is 0.230. The van der Waals surface area contributed by atoms with E-state index in [1.165, 1.54) is 11.1 Å². The molecule has 3 heteroatoms. The zero-order valence-electron chi connectivity index (χ0n) is 10.2. The molecular weight excluding hydrogens is 220 g/mol. The predicted octanol–water partition coefficient (Wildman–Crippen LogP) is 2.80. The number of benzene rings is 1. The van der Waals surface area contributed by atoms with E-state index >= 15 is 0 Å². The molecular formula is C13H20O2S. The molecule has 1 unspecified atom stereocenters. The molecule has 1 aromatic rings. The number of aryl methyl sites for hydroxylation is 2. The molecule has 0 saturated carbocycles. The zero-order valence-corrected chi connectivity index (χ0v) is 11.0. The topological polar surface area (TPSA) is 29.5 Å². The van der Waals surface area contributed by atoms with Gasteiger partial charge < -0.3 is 9.84 Å². The molecule has 1 N–H and O–H groups in total. The van der Waals surface area contributed by atoms with Crippen molar-refractivity contribution in [2.75, 3.05) is 19.0 Å². The van der Waals surface area contributed by atoms with Crippen LogP contribution in [0, 0.1) is 13.8 Å². The van der Waals surface area contributed by atoms with Gasteiger partial charge in [0.1, 0.15) is 5.75 Å². The first-order valence-corrected chi connectivity index (χ1v) is 6.60. The van der Waals surface area contributed by atoms with Gasteiger partial charge in [0.05, 0.1) is 13.2 Å². The summed E-state index contributed by atoms with van der Waals surface area (Å²) >= 11 is 1.73. The van der Waals surface area contributed by atoms with Gasteiger partial charge in [0.25, 0.3) is 0 Å². The van der Waals surface area contributed by atoms with Crippen LogP contribution >= 0.6 is 11.8 Å². The van der Waals surface area contributed by atoms with E-state index in [4.69, 9.17) is 9.84 Å². The number of rotatable bonds is 6. The van der Waals surface area contributed by atoms with Crippen LogP contribution in [0.3, 0.4) is 0 Å². The van der Waals surface area contributed by atoms with Crippen molar-refractivity contribution in [3.8, 4) is 5.75 Å². The monoisotopic (exact) mass is 240 g/mol. The Kier molecular flexibility index (Phi) is 5.71. The molecule has 0 bridgehead atoms. The van der Waals surface area contributed by atoms with Crippen molar-refractivity contribution in [1.29, 1.82) is 0 Å². The summed E-state index contributed by atoms with van der Waals surface area (Å²) in [5.74, 6) is 1.85. The smallest absolute Gasteiger partial charge is 0.119 e. The average Bonchev–Trinajstić information content (AvgIpc) is 2.22. The zero-order chi connectivity index (χ0) is 12.0. The molecule has 0 saturated heterocycles. The highest BCUT2D eigenvalue weighted by Crippen LogP contribution is 2.17. The van der Waals surface area contributed by atoms with Crippen LogP contribution in [0.2, 0.25) is 0 Å². The number of aliphatic hydroxyl groups is 1. The van der Waals surface area contributed by atoms with E-state index in [2.05, 4.69) is 19.9 Å². The summed E-state index contributed by atoms with van der Waals surface area (Å²) in [6.45, 7) is 7.08. The summed E-state index contributed by atoms with van der Waals surface area (Å²) < 4.78 is 5.66. The van der Waals surface area contributed by atoms with Crippen LogP contribution in [-0.2, 0) is 0 Å². The number of hydrogen-bond donors (Lipinski definition) is 1. The van der Waals surface area contributed by atoms with Crippen LogP contribution in [0.25, 0.3) is 0 Å². The van der Waals surface area contributed by atoms with Gasteiger partial charge in [-0.15, -0.1) is 0 Å². The molecule has 0 amide bonds. The Bertz CT molecular complexity index is 305. The molecule has 1 aromatic carbocycles. The molecule has 16 heavy (non-hydrogen) atoms. The van der Waals surface area contributed by atoms with Crippen molar-refractivity contribution in [1.82, 2.24) is 0 Å². The van der Waals surface area contributed by atoms with Gasteiger partial charge in [0, 0.05) is 11.0 Å². The molecule has 1 rings (SSSR count). The lowest BCUT2D eigenvalue weighted by molar-refractivity contribution is 0.299. The normalized spacial score (nSPS) is 12.5. The Hall–Kier alpha value is -0.670. The van der Waals surface area contributed by atoms with E-state index in [9.17, 15) is 0 Å². The third-order valence-electron chi connectivity index (χ3n) is 2.21. The van der Waals surface area contributed by atoms with Crippen LogP contribution in [-0.4, -0.2) is 29.3 Å². The first-order chi connectivity index (χ1) is 7.61. The average molecular weight is 240 g/mol. The maximum absolute atomic E-state index is 8.86. The first-order valence-electron chi connectivity index (χ1n) is 5.55. The Morgan fingerprint density at radius 1 is 1.25 bits per heavy atom. The fraction of sp³-hybridized carbons (Fsp3) is 0.538. The van der Waals surface area contributed by atoms with Crippen molar-refractivity contribution < 1.29 is 9.84 Å². The van der Waals surface area contributed by atoms with Crippen LogP contribution in [0.5, 0.6) is 5.75 Å². The Morgan fingerprint density at radius 3 is 2.44 bits per heavy atom. The van der Waals surface area contributed by atoms with Gasteiger partial charge in [-0.1, -0.05) is 13.0 Å². The third kappa shape index (κ3) is 4.90. The van der Waals surface area contributed by atoms with Gasteiger partial charge in [-0.3, -0.25) is 0 Å². The standard InChI is InChI=1S/C13H20O2S/c1-10-6-11(2)8-13(7-10)15-4-5-16-12(3)9-14/h6-8,12,14H,4-5,9H2,1-3H3. The number of thioether (sulfide) groups is 1. The van der Waals surface area contributed by atoms with Crippen LogP contribution in [0.15, 0.2) is 18.2 Å². The highest BCUT2D eigenvalue weighted by atomic mass is 32.2. The largest absolute Gasteiger partial charge is 0.493 e. The predicted molar refractivity (Wildman–Crippen MR) is 70.4 cm³/mol. The van der Waals surface area contributed by atoms with Crippen molar-refractivity contribution in [2.45, 2.75) is 26.0 Å². The Morgan fingerprint density at radius 2 is 1.88 bits per heavy atom. The third-order valence-corrected chi connectivity index (χ3v) is 3.33. The van der Waals surface area contributed by atoms with E-state index in [-0.39, 0.29) is 6.61 Å². The molecule has 2 nitrogen and oxygen atoms in total. The van der Waals surface area contributed by atoms with Crippen molar-refractivity contribution >= 4 is 11.8 Å². The summed E-state index contributed by atoms with van der Waals surface area (Å²) in [6, 6.07) is 6.23. The molecule has 0 aromatic heterocycles. The van der Waals surface area contributed by atoms with Gasteiger partial charge in [-0.05, 0) is 37.1 Å². The summed E-state index contributed by atoms with van der Waals surface area (Å²) in [5, 5.41) is 9.16. The Labute approximate surface area is 102 Å². The molecule has 0 spiro atoms. The van der Waals surface area contributed by atoms with E-state index < -0.39 is 0 Å². The van der Waals surface area contributed by atoms with Gasteiger partial charge in [-0.2, -0.15) is 11.8 Å². The van der Waals surface area contributed by atoms with Crippen LogP contribution in [0.1, 0.15) is 18.1 Å². The van der Waals surface area contributed by atoms with Gasteiger partial charge >= 0.3 is 0 Å². The van der Waals surface area contributed by atoms with E-state index in [0.29, 0.717) is 11.9 Å². The summed E-state index contributed by atoms with van der Waals surface area (Å²) in [4.78, 5) is 0. The molecule has 0 aliphatic carbocycles. The molecule has 1 atom stereocenters. The van der Waals surface area contributed by atoms with Crippen molar-refractivity contribution in [3.05, 3.63) is 29.3 Å². The van der Waals surface area contributed by atoms with E-state index in [1.807, 2.05) is 19.1 Å². The lowest BCUT2D eigenvalue weighted by Gasteiger charge is -2.10.